The molecule has 1 aromatic carbocycles. The van der Waals surface area contributed by atoms with E-state index in [1.165, 1.54) is 0 Å². The average molecular weight is 179 g/mol. The van der Waals surface area contributed by atoms with Crippen LogP contribution in [0.5, 0.6) is 0 Å². The van der Waals surface area contributed by atoms with Gasteiger partial charge in [0.1, 0.15) is 0 Å². The van der Waals surface area contributed by atoms with Crippen LogP contribution in [0, 0.1) is 0 Å². The summed E-state index contributed by atoms with van der Waals surface area (Å²) in [7, 11) is 0. The Bertz CT molecular complexity index is 339. The zero-order valence-corrected chi connectivity index (χ0v) is 7.09. The molecule has 1 N–H and O–H groups in total. The van der Waals surface area contributed by atoms with Crippen molar-refractivity contribution in [2.75, 3.05) is 6.54 Å². The maximum Gasteiger partial charge on any atom is 0.243 e. The Labute approximate surface area is 75.8 Å². The van der Waals surface area contributed by atoms with Crippen LogP contribution in [0.1, 0.15) is 11.1 Å². The van der Waals surface area contributed by atoms with E-state index in [9.17, 15) is 9.18 Å². The molecule has 0 aliphatic carbocycles. The van der Waals surface area contributed by atoms with Gasteiger partial charge in [-0.15, -0.1) is 0 Å². The number of hydrogen-bond acceptors (Lipinski definition) is 2. The van der Waals surface area contributed by atoms with Gasteiger partial charge in [-0.3, -0.25) is 10.1 Å². The summed E-state index contributed by atoms with van der Waals surface area (Å²) in [5, 5.41) is 2.57. The highest BCUT2D eigenvalue weighted by Crippen LogP contribution is 2.27. The first-order valence-corrected chi connectivity index (χ1v) is 4.25. The summed E-state index contributed by atoms with van der Waals surface area (Å²) in [4.78, 5) is 10.6. The van der Waals surface area contributed by atoms with E-state index in [1.54, 1.807) is 12.1 Å². The van der Waals surface area contributed by atoms with E-state index < -0.39 is 5.79 Å². The van der Waals surface area contributed by atoms with Gasteiger partial charge in [-0.1, -0.05) is 24.3 Å². The lowest BCUT2D eigenvalue weighted by Crippen LogP contribution is -2.45. The Hall–Kier alpha value is -1.22. The van der Waals surface area contributed by atoms with Crippen molar-refractivity contribution in [3.05, 3.63) is 35.4 Å². The van der Waals surface area contributed by atoms with Gasteiger partial charge >= 0.3 is 0 Å². The molecule has 1 unspecified atom stereocenters. The third-order valence-electron chi connectivity index (χ3n) is 2.35. The fourth-order valence-electron chi connectivity index (χ4n) is 1.67. The Morgan fingerprint density at radius 2 is 2.23 bits per heavy atom. The first-order valence-electron chi connectivity index (χ1n) is 4.25. The molecule has 0 saturated heterocycles. The van der Waals surface area contributed by atoms with Gasteiger partial charge in [-0.05, 0) is 12.0 Å². The van der Waals surface area contributed by atoms with Gasteiger partial charge < -0.3 is 0 Å². The molecule has 0 amide bonds. The van der Waals surface area contributed by atoms with Gasteiger partial charge in [-0.25, -0.2) is 4.39 Å². The smallest absolute Gasteiger partial charge is 0.243 e. The number of benzene rings is 1. The lowest BCUT2D eigenvalue weighted by molar-refractivity contribution is -0.120. The van der Waals surface area contributed by atoms with Crippen molar-refractivity contribution in [1.29, 1.82) is 0 Å². The lowest BCUT2D eigenvalue weighted by atomic mass is 9.93. The monoisotopic (exact) mass is 179 g/mol. The van der Waals surface area contributed by atoms with Gasteiger partial charge in [0.05, 0.1) is 0 Å². The summed E-state index contributed by atoms with van der Waals surface area (Å²) in [6.45, 7) is 0.506. The second-order valence-corrected chi connectivity index (χ2v) is 3.16. The molecular weight excluding hydrogens is 169 g/mol. The van der Waals surface area contributed by atoms with E-state index in [0.717, 1.165) is 12.0 Å². The standard InChI is InChI=1S/C10H10FNO/c11-10(7-13)9-4-2-1-3-8(9)5-6-12-10/h1-4,7,12H,5-6H2. The SMILES string of the molecule is O=CC1(F)NCCc2ccccc21. The zero-order chi connectivity index (χ0) is 9.31. The third kappa shape index (κ3) is 1.25. The number of halogens is 1. The maximum absolute atomic E-state index is 13.8. The van der Waals surface area contributed by atoms with Crippen LogP contribution >= 0.6 is 0 Å². The minimum atomic E-state index is -1.98. The minimum absolute atomic E-state index is 0.324. The molecule has 1 aromatic rings. The van der Waals surface area contributed by atoms with Crippen LogP contribution in [0.25, 0.3) is 0 Å². The number of alkyl halides is 1. The largest absolute Gasteiger partial charge is 0.298 e. The number of nitrogens with one attached hydrogen (secondary N) is 1. The molecule has 0 spiro atoms. The Morgan fingerprint density at radius 1 is 1.46 bits per heavy atom. The van der Waals surface area contributed by atoms with Gasteiger partial charge in [0.15, 0.2) is 6.29 Å². The molecular formula is C10H10FNO. The molecule has 0 fully saturated rings. The van der Waals surface area contributed by atoms with Crippen molar-refractivity contribution >= 4 is 6.29 Å². The highest BCUT2D eigenvalue weighted by molar-refractivity contribution is 5.67. The van der Waals surface area contributed by atoms with Crippen LogP contribution in [0.4, 0.5) is 4.39 Å². The van der Waals surface area contributed by atoms with E-state index in [1.807, 2.05) is 12.1 Å². The number of aldehydes is 1. The van der Waals surface area contributed by atoms with Crippen molar-refractivity contribution in [3.63, 3.8) is 0 Å². The van der Waals surface area contributed by atoms with E-state index in [0.29, 0.717) is 18.4 Å². The molecule has 0 radical (unpaired) electrons. The third-order valence-corrected chi connectivity index (χ3v) is 2.35. The quantitative estimate of drug-likeness (QED) is 0.517. The van der Waals surface area contributed by atoms with Crippen LogP contribution in [0.2, 0.25) is 0 Å². The summed E-state index contributed by atoms with van der Waals surface area (Å²) >= 11 is 0. The first-order chi connectivity index (χ1) is 6.26. The van der Waals surface area contributed by atoms with E-state index >= 15 is 0 Å². The van der Waals surface area contributed by atoms with Crippen molar-refractivity contribution < 1.29 is 9.18 Å². The lowest BCUT2D eigenvalue weighted by Gasteiger charge is -2.28. The molecule has 2 nitrogen and oxygen atoms in total. The highest BCUT2D eigenvalue weighted by atomic mass is 19.1. The van der Waals surface area contributed by atoms with Crippen LogP contribution in [-0.4, -0.2) is 12.8 Å². The zero-order valence-electron chi connectivity index (χ0n) is 7.09. The molecule has 13 heavy (non-hydrogen) atoms. The van der Waals surface area contributed by atoms with Gasteiger partial charge in [0.25, 0.3) is 0 Å². The Balaban J connectivity index is 2.54. The summed E-state index contributed by atoms with van der Waals surface area (Å²) < 4.78 is 13.8. The summed E-state index contributed by atoms with van der Waals surface area (Å²) in [5.41, 5.74) is 1.37. The number of fused-ring (bicyclic) bond motifs is 1. The molecule has 1 aliphatic heterocycles. The van der Waals surface area contributed by atoms with Crippen molar-refractivity contribution in [2.45, 2.75) is 12.2 Å². The van der Waals surface area contributed by atoms with E-state index in [-0.39, 0.29) is 0 Å². The molecule has 68 valence electrons. The van der Waals surface area contributed by atoms with Crippen LogP contribution in [0.15, 0.2) is 24.3 Å². The number of rotatable bonds is 1. The molecule has 0 saturated carbocycles. The molecule has 1 aliphatic rings. The van der Waals surface area contributed by atoms with Crippen molar-refractivity contribution in [2.24, 2.45) is 0 Å². The molecule has 2 rings (SSSR count). The van der Waals surface area contributed by atoms with Gasteiger partial charge in [0, 0.05) is 12.1 Å². The van der Waals surface area contributed by atoms with E-state index in [4.69, 9.17) is 0 Å². The number of hydrogen-bond donors (Lipinski definition) is 1. The highest BCUT2D eigenvalue weighted by Gasteiger charge is 2.35. The normalized spacial score (nSPS) is 26.5. The molecule has 0 aromatic heterocycles. The summed E-state index contributed by atoms with van der Waals surface area (Å²) in [5.74, 6) is -1.98. The van der Waals surface area contributed by atoms with Crippen molar-refractivity contribution in [3.8, 4) is 0 Å². The topological polar surface area (TPSA) is 29.1 Å². The second kappa shape index (κ2) is 2.92. The number of carbonyl (C=O) groups is 1. The fourth-order valence-corrected chi connectivity index (χ4v) is 1.67. The van der Waals surface area contributed by atoms with Gasteiger partial charge in [-0.2, -0.15) is 0 Å². The predicted molar refractivity (Wildman–Crippen MR) is 47.0 cm³/mol. The average Bonchev–Trinajstić information content (AvgIpc) is 2.19. The summed E-state index contributed by atoms with van der Waals surface area (Å²) in [6.07, 6.45) is 1.10. The number of carbonyl (C=O) groups excluding carboxylic acids is 1. The summed E-state index contributed by atoms with van der Waals surface area (Å²) in [6, 6.07) is 7.10. The molecule has 1 atom stereocenters. The van der Waals surface area contributed by atoms with Crippen molar-refractivity contribution in [1.82, 2.24) is 5.32 Å². The molecule has 3 heteroatoms. The van der Waals surface area contributed by atoms with Crippen LogP contribution < -0.4 is 5.32 Å². The Morgan fingerprint density at radius 3 is 3.00 bits per heavy atom. The van der Waals surface area contributed by atoms with Crippen LogP contribution in [0.3, 0.4) is 0 Å². The maximum atomic E-state index is 13.8. The van der Waals surface area contributed by atoms with Crippen LogP contribution in [-0.2, 0) is 17.0 Å². The molecule has 1 heterocycles. The predicted octanol–water partition coefficient (Wildman–Crippen LogP) is 1.15. The fraction of sp³-hybridized carbons (Fsp3) is 0.300. The molecule has 0 bridgehead atoms. The first kappa shape index (κ1) is 8.38. The van der Waals surface area contributed by atoms with E-state index in [2.05, 4.69) is 5.32 Å². The second-order valence-electron chi connectivity index (χ2n) is 3.16. The Kier molecular flexibility index (Phi) is 1.88. The minimum Gasteiger partial charge on any atom is -0.298 e. The van der Waals surface area contributed by atoms with Gasteiger partial charge in [0.2, 0.25) is 5.79 Å².